The van der Waals surface area contributed by atoms with Gasteiger partial charge >= 0.3 is 0 Å². The summed E-state index contributed by atoms with van der Waals surface area (Å²) in [5, 5.41) is 9.58. The molecule has 1 aliphatic carbocycles. The van der Waals surface area contributed by atoms with Crippen molar-refractivity contribution in [3.8, 4) is 5.19 Å². The summed E-state index contributed by atoms with van der Waals surface area (Å²) < 4.78 is 5.82. The van der Waals surface area contributed by atoms with Crippen molar-refractivity contribution in [1.29, 1.82) is 0 Å². The van der Waals surface area contributed by atoms with Crippen LogP contribution in [0.4, 0.5) is 0 Å². The first-order valence-electron chi connectivity index (χ1n) is 5.35. The Morgan fingerprint density at radius 2 is 1.88 bits per heavy atom. The lowest BCUT2D eigenvalue weighted by Gasteiger charge is -2.08. The molecule has 0 radical (unpaired) electrons. The molecule has 0 spiro atoms. The fourth-order valence-electron chi connectivity index (χ4n) is 2.07. The fourth-order valence-corrected chi connectivity index (χ4v) is 2.67. The van der Waals surface area contributed by atoms with Crippen molar-refractivity contribution < 1.29 is 4.74 Å². The van der Waals surface area contributed by atoms with Crippen LogP contribution in [0.25, 0.3) is 0 Å². The third-order valence-corrected chi connectivity index (χ3v) is 3.52. The van der Waals surface area contributed by atoms with Gasteiger partial charge in [-0.25, -0.2) is 0 Å². The molecule has 0 amide bonds. The van der Waals surface area contributed by atoms with E-state index in [0.29, 0.717) is 5.19 Å². The van der Waals surface area contributed by atoms with Crippen LogP contribution in [0.2, 0.25) is 0 Å². The second-order valence-corrected chi connectivity index (χ2v) is 5.15. The van der Waals surface area contributed by atoms with Crippen molar-refractivity contribution in [2.45, 2.75) is 25.9 Å². The summed E-state index contributed by atoms with van der Waals surface area (Å²) in [6, 6.07) is 8.50. The highest BCUT2D eigenvalue weighted by Crippen LogP contribution is 2.26. The number of aromatic nitrogens is 2. The Morgan fingerprint density at radius 1 is 1.19 bits per heavy atom. The molecule has 0 saturated carbocycles. The molecule has 0 unspecified atom stereocenters. The van der Waals surface area contributed by atoms with E-state index in [1.54, 1.807) is 0 Å². The fraction of sp³-hybridized carbons (Fsp3) is 0.333. The van der Waals surface area contributed by atoms with Gasteiger partial charge in [0.05, 0.1) is 0 Å². The first-order chi connectivity index (χ1) is 7.81. The molecular weight excluding hydrogens is 220 g/mol. The summed E-state index contributed by atoms with van der Waals surface area (Å²) in [5.74, 6) is 0. The average molecular weight is 232 g/mol. The van der Waals surface area contributed by atoms with Crippen molar-refractivity contribution in [2.75, 3.05) is 0 Å². The van der Waals surface area contributed by atoms with Gasteiger partial charge in [0.15, 0.2) is 0 Å². The lowest BCUT2D eigenvalue weighted by atomic mass is 10.1. The van der Waals surface area contributed by atoms with Crippen molar-refractivity contribution in [1.82, 2.24) is 10.2 Å². The zero-order valence-corrected chi connectivity index (χ0v) is 9.83. The number of hydrogen-bond acceptors (Lipinski definition) is 4. The van der Waals surface area contributed by atoms with E-state index in [9.17, 15) is 0 Å². The molecule has 0 saturated heterocycles. The predicted molar refractivity (Wildman–Crippen MR) is 62.9 cm³/mol. The molecular formula is C12H12N2OS. The molecule has 16 heavy (non-hydrogen) atoms. The molecule has 0 atom stereocenters. The van der Waals surface area contributed by atoms with E-state index in [4.69, 9.17) is 4.74 Å². The number of rotatable bonds is 2. The molecule has 0 fully saturated rings. The minimum Gasteiger partial charge on any atom is -0.465 e. The van der Waals surface area contributed by atoms with Crippen LogP contribution in [0.1, 0.15) is 16.1 Å². The zero-order valence-electron chi connectivity index (χ0n) is 9.01. The number of aryl methyl sites for hydroxylation is 1. The van der Waals surface area contributed by atoms with Gasteiger partial charge in [-0.2, -0.15) is 0 Å². The van der Waals surface area contributed by atoms with E-state index in [1.807, 2.05) is 6.92 Å². The van der Waals surface area contributed by atoms with Crippen molar-refractivity contribution >= 4 is 11.3 Å². The molecule has 3 rings (SSSR count). The van der Waals surface area contributed by atoms with Gasteiger partial charge in [0, 0.05) is 12.8 Å². The summed E-state index contributed by atoms with van der Waals surface area (Å²) >= 11 is 1.51. The van der Waals surface area contributed by atoms with Gasteiger partial charge in [-0.05, 0) is 18.1 Å². The maximum absolute atomic E-state index is 5.82. The highest BCUT2D eigenvalue weighted by Gasteiger charge is 2.23. The lowest BCUT2D eigenvalue weighted by Crippen LogP contribution is -2.16. The number of hydrogen-bond donors (Lipinski definition) is 0. The van der Waals surface area contributed by atoms with Crippen LogP contribution in [0.15, 0.2) is 24.3 Å². The first-order valence-corrected chi connectivity index (χ1v) is 6.16. The van der Waals surface area contributed by atoms with Gasteiger partial charge < -0.3 is 4.74 Å². The highest BCUT2D eigenvalue weighted by atomic mass is 32.1. The molecule has 3 nitrogen and oxygen atoms in total. The normalized spacial score (nSPS) is 15.1. The minimum atomic E-state index is 0.227. The minimum absolute atomic E-state index is 0.227. The molecule has 1 aliphatic rings. The number of ether oxygens (including phenoxy) is 1. The van der Waals surface area contributed by atoms with Crippen LogP contribution in [0.3, 0.4) is 0 Å². The van der Waals surface area contributed by atoms with Gasteiger partial charge in [-0.3, -0.25) is 0 Å². The monoisotopic (exact) mass is 232 g/mol. The topological polar surface area (TPSA) is 35.0 Å². The average Bonchev–Trinajstić information content (AvgIpc) is 2.84. The standard InChI is InChI=1S/C12H12N2OS/c1-8-13-14-12(16-8)15-11-6-9-4-2-3-5-10(9)7-11/h2-5,11H,6-7H2,1H3. The SMILES string of the molecule is Cc1nnc(OC2Cc3ccccc3C2)s1. The molecule has 0 bridgehead atoms. The maximum Gasteiger partial charge on any atom is 0.294 e. The Bertz CT molecular complexity index is 484. The van der Waals surface area contributed by atoms with Crippen molar-refractivity contribution in [3.63, 3.8) is 0 Å². The van der Waals surface area contributed by atoms with E-state index < -0.39 is 0 Å². The van der Waals surface area contributed by atoms with Crippen LogP contribution in [0, 0.1) is 6.92 Å². The summed E-state index contributed by atoms with van der Waals surface area (Å²) in [5.41, 5.74) is 2.79. The van der Waals surface area contributed by atoms with Gasteiger partial charge in [-0.15, -0.1) is 10.2 Å². The first kappa shape index (κ1) is 9.78. The summed E-state index contributed by atoms with van der Waals surface area (Å²) in [6.07, 6.45) is 2.19. The predicted octanol–water partition coefficient (Wildman–Crippen LogP) is 2.39. The third kappa shape index (κ3) is 1.80. The van der Waals surface area contributed by atoms with E-state index in [-0.39, 0.29) is 6.10 Å². The number of fused-ring (bicyclic) bond motifs is 1. The maximum atomic E-state index is 5.82. The van der Waals surface area contributed by atoms with Gasteiger partial charge in [0.2, 0.25) is 0 Å². The van der Waals surface area contributed by atoms with Crippen LogP contribution in [-0.4, -0.2) is 16.3 Å². The largest absolute Gasteiger partial charge is 0.465 e. The summed E-state index contributed by atoms with van der Waals surface area (Å²) in [7, 11) is 0. The lowest BCUT2D eigenvalue weighted by molar-refractivity contribution is 0.211. The second-order valence-electron chi connectivity index (χ2n) is 4.00. The Kier molecular flexibility index (Phi) is 2.36. The molecule has 2 aromatic rings. The molecule has 1 aromatic heterocycles. The molecule has 4 heteroatoms. The van der Waals surface area contributed by atoms with Crippen LogP contribution in [-0.2, 0) is 12.8 Å². The second kappa shape index (κ2) is 3.87. The Balaban J connectivity index is 1.72. The van der Waals surface area contributed by atoms with Crippen LogP contribution < -0.4 is 4.74 Å². The smallest absolute Gasteiger partial charge is 0.294 e. The van der Waals surface area contributed by atoms with E-state index in [2.05, 4.69) is 34.5 Å². The van der Waals surface area contributed by atoms with Gasteiger partial charge in [0.1, 0.15) is 11.1 Å². The summed E-state index contributed by atoms with van der Waals surface area (Å²) in [6.45, 7) is 1.94. The van der Waals surface area contributed by atoms with Crippen LogP contribution in [0.5, 0.6) is 5.19 Å². The van der Waals surface area contributed by atoms with Crippen molar-refractivity contribution in [2.24, 2.45) is 0 Å². The molecule has 0 aliphatic heterocycles. The van der Waals surface area contributed by atoms with Crippen LogP contribution >= 0.6 is 11.3 Å². The van der Waals surface area contributed by atoms with E-state index in [1.165, 1.54) is 22.5 Å². The number of benzene rings is 1. The summed E-state index contributed by atoms with van der Waals surface area (Å²) in [4.78, 5) is 0. The van der Waals surface area contributed by atoms with E-state index in [0.717, 1.165) is 17.8 Å². The molecule has 1 heterocycles. The zero-order chi connectivity index (χ0) is 11.0. The Labute approximate surface area is 98.1 Å². The Hall–Kier alpha value is -1.42. The van der Waals surface area contributed by atoms with Gasteiger partial charge in [0.25, 0.3) is 5.19 Å². The Morgan fingerprint density at radius 3 is 2.44 bits per heavy atom. The van der Waals surface area contributed by atoms with Gasteiger partial charge in [-0.1, -0.05) is 35.6 Å². The van der Waals surface area contributed by atoms with E-state index >= 15 is 0 Å². The molecule has 0 N–H and O–H groups in total. The molecule has 1 aromatic carbocycles. The third-order valence-electron chi connectivity index (χ3n) is 2.79. The number of nitrogens with zero attached hydrogens (tertiary/aromatic N) is 2. The highest BCUT2D eigenvalue weighted by molar-refractivity contribution is 7.12. The quantitative estimate of drug-likeness (QED) is 0.797. The van der Waals surface area contributed by atoms with Crippen molar-refractivity contribution in [3.05, 3.63) is 40.4 Å². The molecule has 82 valence electrons.